The third-order valence-electron chi connectivity index (χ3n) is 6.93. The molecule has 1 amide bonds. The number of piperidine rings is 1. The lowest BCUT2D eigenvalue weighted by Crippen LogP contribution is -2.39. The van der Waals surface area contributed by atoms with E-state index in [9.17, 15) is 4.79 Å². The molecule has 2 fully saturated rings. The molecule has 0 spiro atoms. The van der Waals surface area contributed by atoms with Gasteiger partial charge in [-0.15, -0.1) is 0 Å². The van der Waals surface area contributed by atoms with Gasteiger partial charge in [-0.25, -0.2) is 0 Å². The minimum atomic E-state index is 0.122. The van der Waals surface area contributed by atoms with E-state index >= 15 is 0 Å². The fraction of sp³-hybridized carbons (Fsp3) is 0.577. The largest absolute Gasteiger partial charge is 0.374 e. The van der Waals surface area contributed by atoms with Crippen molar-refractivity contribution in [3.63, 3.8) is 0 Å². The van der Waals surface area contributed by atoms with E-state index in [1.54, 1.807) is 0 Å². The number of unbranched alkanes of at least 4 members (excludes halogenated alkanes) is 1. The Morgan fingerprint density at radius 2 is 2.06 bits per heavy atom. The third-order valence-corrected chi connectivity index (χ3v) is 6.93. The number of amides is 1. The molecule has 0 radical (unpaired) electrons. The van der Waals surface area contributed by atoms with Crippen LogP contribution >= 0.6 is 0 Å². The smallest absolute Gasteiger partial charge is 0.258 e. The Balaban J connectivity index is 1.44. The van der Waals surface area contributed by atoms with Gasteiger partial charge >= 0.3 is 0 Å². The summed E-state index contributed by atoms with van der Waals surface area (Å²) in [6.45, 7) is 7.99. The van der Waals surface area contributed by atoms with Crippen LogP contribution < -0.4 is 9.80 Å². The van der Waals surface area contributed by atoms with Crippen LogP contribution in [0.1, 0.15) is 44.6 Å². The topological polar surface area (TPSA) is 36.0 Å². The van der Waals surface area contributed by atoms with E-state index in [2.05, 4.69) is 68.1 Å². The van der Waals surface area contributed by atoms with E-state index < -0.39 is 0 Å². The summed E-state index contributed by atoms with van der Waals surface area (Å²) in [5, 5.41) is 0. The van der Waals surface area contributed by atoms with Crippen LogP contribution in [-0.4, -0.2) is 63.3 Å². The van der Waals surface area contributed by atoms with Gasteiger partial charge in [0.25, 0.3) is 5.91 Å². The highest BCUT2D eigenvalue weighted by Gasteiger charge is 2.32. The van der Waals surface area contributed by atoms with Crippen LogP contribution in [0.2, 0.25) is 0 Å². The SMILES string of the molecule is CCCCOC1C=C2CCN(c3ccc(N4CCC(N(C)C)C4)cc3C)C(=O)C2=CC1. The molecular weight excluding hydrogens is 386 g/mol. The molecule has 1 aromatic carbocycles. The van der Waals surface area contributed by atoms with Crippen LogP contribution in [0.3, 0.4) is 0 Å². The summed E-state index contributed by atoms with van der Waals surface area (Å²) in [6, 6.07) is 7.19. The molecule has 2 heterocycles. The van der Waals surface area contributed by atoms with E-state index in [1.165, 1.54) is 17.7 Å². The van der Waals surface area contributed by atoms with Crippen molar-refractivity contribution in [2.75, 3.05) is 50.1 Å². The van der Waals surface area contributed by atoms with E-state index in [-0.39, 0.29) is 12.0 Å². The number of nitrogens with zero attached hydrogens (tertiary/aromatic N) is 3. The van der Waals surface area contributed by atoms with E-state index in [0.717, 1.165) is 68.8 Å². The summed E-state index contributed by atoms with van der Waals surface area (Å²) in [4.78, 5) is 20.0. The van der Waals surface area contributed by atoms with E-state index in [4.69, 9.17) is 4.74 Å². The number of benzene rings is 1. The molecule has 4 rings (SSSR count). The van der Waals surface area contributed by atoms with Crippen LogP contribution in [0.25, 0.3) is 0 Å². The first-order chi connectivity index (χ1) is 15.0. The second kappa shape index (κ2) is 9.58. The zero-order valence-corrected chi connectivity index (χ0v) is 19.6. The Bertz CT molecular complexity index is 873. The highest BCUT2D eigenvalue weighted by Crippen LogP contribution is 2.35. The van der Waals surface area contributed by atoms with Gasteiger partial charge in [0.15, 0.2) is 0 Å². The van der Waals surface area contributed by atoms with Gasteiger partial charge in [-0.1, -0.05) is 25.5 Å². The average Bonchev–Trinajstić information content (AvgIpc) is 3.25. The van der Waals surface area contributed by atoms with Gasteiger partial charge in [0.05, 0.1) is 6.10 Å². The normalized spacial score (nSPS) is 23.8. The number of ether oxygens (including phenoxy) is 1. The molecule has 31 heavy (non-hydrogen) atoms. The minimum absolute atomic E-state index is 0.122. The second-order valence-electron chi connectivity index (χ2n) is 9.34. The molecule has 0 saturated carbocycles. The van der Waals surface area contributed by atoms with Crippen LogP contribution in [0, 0.1) is 6.92 Å². The van der Waals surface area contributed by atoms with Crippen molar-refractivity contribution in [2.45, 2.75) is 58.1 Å². The van der Waals surface area contributed by atoms with Crippen molar-refractivity contribution in [1.29, 1.82) is 0 Å². The maximum Gasteiger partial charge on any atom is 0.258 e. The molecule has 168 valence electrons. The number of carbonyl (C=O) groups excluding carboxylic acids is 1. The Labute approximate surface area is 187 Å². The molecule has 2 atom stereocenters. The first-order valence-electron chi connectivity index (χ1n) is 11.8. The van der Waals surface area contributed by atoms with Gasteiger partial charge in [-0.05, 0) is 76.0 Å². The molecule has 3 aliphatic rings. The number of likely N-dealkylation sites (N-methyl/N-ethyl adjacent to an activating group) is 1. The van der Waals surface area contributed by atoms with Gasteiger partial charge in [-0.3, -0.25) is 4.79 Å². The Hall–Kier alpha value is -2.11. The van der Waals surface area contributed by atoms with Crippen LogP contribution in [-0.2, 0) is 9.53 Å². The first-order valence-corrected chi connectivity index (χ1v) is 11.8. The third kappa shape index (κ3) is 4.73. The number of carbonyl (C=O) groups is 1. The number of hydrogen-bond acceptors (Lipinski definition) is 4. The molecule has 1 aromatic rings. The van der Waals surface area contributed by atoms with Crippen molar-refractivity contribution < 1.29 is 9.53 Å². The second-order valence-corrected chi connectivity index (χ2v) is 9.34. The minimum Gasteiger partial charge on any atom is -0.374 e. The molecule has 0 aromatic heterocycles. The summed E-state index contributed by atoms with van der Waals surface area (Å²) in [6.07, 6.45) is 9.52. The zero-order valence-electron chi connectivity index (χ0n) is 19.6. The van der Waals surface area contributed by atoms with Gasteiger partial charge in [0, 0.05) is 49.2 Å². The Morgan fingerprint density at radius 3 is 2.77 bits per heavy atom. The predicted octanol–water partition coefficient (Wildman–Crippen LogP) is 4.31. The molecular formula is C26H37N3O2. The van der Waals surface area contributed by atoms with E-state index in [1.807, 2.05) is 4.90 Å². The average molecular weight is 424 g/mol. The predicted molar refractivity (Wildman–Crippen MR) is 128 cm³/mol. The highest BCUT2D eigenvalue weighted by atomic mass is 16.5. The van der Waals surface area contributed by atoms with E-state index in [0.29, 0.717) is 6.04 Å². The molecule has 1 aliphatic carbocycles. The quantitative estimate of drug-likeness (QED) is 0.612. The lowest BCUT2D eigenvalue weighted by atomic mass is 9.89. The maximum absolute atomic E-state index is 13.3. The lowest BCUT2D eigenvalue weighted by Gasteiger charge is -2.34. The van der Waals surface area contributed by atoms with Gasteiger partial charge in [0.1, 0.15) is 0 Å². The number of fused-ring (bicyclic) bond motifs is 1. The molecule has 2 aliphatic heterocycles. The van der Waals surface area contributed by atoms with Crippen LogP contribution in [0.5, 0.6) is 0 Å². The molecule has 5 heteroatoms. The summed E-state index contributed by atoms with van der Waals surface area (Å²) >= 11 is 0. The van der Waals surface area contributed by atoms with Crippen molar-refractivity contribution in [3.05, 3.63) is 47.1 Å². The number of rotatable bonds is 7. The molecule has 0 N–H and O–H groups in total. The summed E-state index contributed by atoms with van der Waals surface area (Å²) in [5.41, 5.74) is 5.51. The van der Waals surface area contributed by atoms with Crippen LogP contribution in [0.15, 0.2) is 41.5 Å². The zero-order chi connectivity index (χ0) is 22.0. The fourth-order valence-corrected chi connectivity index (χ4v) is 4.93. The summed E-state index contributed by atoms with van der Waals surface area (Å²) in [5.74, 6) is 0.134. The summed E-state index contributed by atoms with van der Waals surface area (Å²) < 4.78 is 5.97. The standard InChI is InChI=1S/C26H37N3O2/c1-5-6-15-31-23-8-9-24-20(17-23)11-14-29(26(24)30)25-10-7-21(16-19(25)2)28-13-12-22(18-28)27(3)4/h7,9-10,16-17,22-23H,5-6,8,11-15,18H2,1-4H3. The van der Waals surface area contributed by atoms with Crippen LogP contribution in [0.4, 0.5) is 11.4 Å². The maximum atomic E-state index is 13.3. The lowest BCUT2D eigenvalue weighted by molar-refractivity contribution is -0.115. The number of aryl methyl sites for hydroxylation is 1. The summed E-state index contributed by atoms with van der Waals surface area (Å²) in [7, 11) is 4.32. The molecule has 2 unspecified atom stereocenters. The molecule has 5 nitrogen and oxygen atoms in total. The van der Waals surface area contributed by atoms with Gasteiger partial charge in [0.2, 0.25) is 0 Å². The van der Waals surface area contributed by atoms with Crippen molar-refractivity contribution in [2.24, 2.45) is 0 Å². The van der Waals surface area contributed by atoms with Gasteiger partial charge in [-0.2, -0.15) is 0 Å². The highest BCUT2D eigenvalue weighted by molar-refractivity contribution is 6.10. The Morgan fingerprint density at radius 1 is 1.23 bits per heavy atom. The Kier molecular flexibility index (Phi) is 6.83. The molecule has 2 saturated heterocycles. The monoisotopic (exact) mass is 423 g/mol. The van der Waals surface area contributed by atoms with Gasteiger partial charge < -0.3 is 19.4 Å². The number of hydrogen-bond donors (Lipinski definition) is 0. The van der Waals surface area contributed by atoms with Crippen molar-refractivity contribution in [1.82, 2.24) is 4.90 Å². The fourth-order valence-electron chi connectivity index (χ4n) is 4.93. The number of anilines is 2. The van der Waals surface area contributed by atoms with Crippen molar-refractivity contribution in [3.8, 4) is 0 Å². The molecule has 0 bridgehead atoms. The first kappa shape index (κ1) is 22.1. The van der Waals surface area contributed by atoms with Crippen molar-refractivity contribution >= 4 is 17.3 Å².